The van der Waals surface area contributed by atoms with Crippen LogP contribution in [0.4, 0.5) is 14.5 Å². The number of halogens is 2. The topological polar surface area (TPSA) is 42.8 Å². The lowest BCUT2D eigenvalue weighted by atomic mass is 10.2. The van der Waals surface area contributed by atoms with Crippen molar-refractivity contribution >= 4 is 11.9 Å². The van der Waals surface area contributed by atoms with Crippen LogP contribution in [0.25, 0.3) is 0 Å². The third kappa shape index (κ3) is 3.47. The summed E-state index contributed by atoms with van der Waals surface area (Å²) in [6.45, 7) is 0. The summed E-state index contributed by atoms with van der Waals surface area (Å²) >= 11 is 0. The van der Waals surface area contributed by atoms with E-state index in [1.165, 1.54) is 26.5 Å². The molecule has 2 rings (SSSR count). The molecule has 2 aromatic carbocycles. The maximum absolute atomic E-state index is 13.4. The molecule has 0 aliphatic carbocycles. The number of hydrogen-bond donors (Lipinski definition) is 1. The van der Waals surface area contributed by atoms with Crippen molar-refractivity contribution < 1.29 is 18.3 Å². The minimum Gasteiger partial charge on any atom is -0.493 e. The number of nitrogens with zero attached hydrogens (tertiary/aromatic N) is 1. The Morgan fingerprint density at radius 1 is 1.10 bits per heavy atom. The molecule has 4 nitrogen and oxygen atoms in total. The third-order valence-corrected chi connectivity index (χ3v) is 2.75. The summed E-state index contributed by atoms with van der Waals surface area (Å²) in [4.78, 5) is 0. The van der Waals surface area contributed by atoms with Crippen LogP contribution in [0.5, 0.6) is 11.5 Å². The molecule has 0 amide bonds. The molecule has 2 aromatic rings. The normalized spacial score (nSPS) is 10.7. The zero-order valence-corrected chi connectivity index (χ0v) is 11.6. The van der Waals surface area contributed by atoms with Gasteiger partial charge in [0.25, 0.3) is 0 Å². The molecule has 21 heavy (non-hydrogen) atoms. The average Bonchev–Trinajstić information content (AvgIpc) is 2.49. The Balaban J connectivity index is 2.18. The molecule has 110 valence electrons. The van der Waals surface area contributed by atoms with Gasteiger partial charge in [0.1, 0.15) is 5.82 Å². The molecular weight excluding hydrogens is 278 g/mol. The largest absolute Gasteiger partial charge is 0.493 e. The number of ether oxygens (including phenoxy) is 2. The highest BCUT2D eigenvalue weighted by molar-refractivity contribution is 5.85. The highest BCUT2D eigenvalue weighted by Gasteiger charge is 2.07. The first-order chi connectivity index (χ1) is 10.2. The molecule has 1 N–H and O–H groups in total. The highest BCUT2D eigenvalue weighted by Crippen LogP contribution is 2.29. The summed E-state index contributed by atoms with van der Waals surface area (Å²) in [6.07, 6.45) is 1.46. The van der Waals surface area contributed by atoms with Crippen molar-refractivity contribution in [1.82, 2.24) is 0 Å². The fraction of sp³-hybridized carbons (Fsp3) is 0.133. The van der Waals surface area contributed by atoms with Crippen molar-refractivity contribution in [1.29, 1.82) is 0 Å². The van der Waals surface area contributed by atoms with E-state index < -0.39 is 11.6 Å². The smallest absolute Gasteiger partial charge is 0.169 e. The average molecular weight is 292 g/mol. The maximum atomic E-state index is 13.4. The minimum absolute atomic E-state index is 0.0783. The molecular formula is C15H14F2N2O2. The van der Waals surface area contributed by atoms with Crippen LogP contribution in [0.15, 0.2) is 41.5 Å². The number of nitrogens with one attached hydrogen (secondary N) is 1. The summed E-state index contributed by atoms with van der Waals surface area (Å²) in [5, 5.41) is 3.91. The lowest BCUT2D eigenvalue weighted by molar-refractivity contribution is 0.354. The molecule has 0 aliphatic rings. The van der Waals surface area contributed by atoms with Crippen LogP contribution in [-0.4, -0.2) is 20.4 Å². The fourth-order valence-electron chi connectivity index (χ4n) is 1.77. The van der Waals surface area contributed by atoms with Crippen LogP contribution in [-0.2, 0) is 0 Å². The number of anilines is 1. The number of benzene rings is 2. The summed E-state index contributed by atoms with van der Waals surface area (Å²) in [5.41, 5.74) is 3.25. The van der Waals surface area contributed by atoms with E-state index in [2.05, 4.69) is 10.5 Å². The Kier molecular flexibility index (Phi) is 4.71. The van der Waals surface area contributed by atoms with E-state index in [0.29, 0.717) is 17.1 Å². The van der Waals surface area contributed by atoms with Gasteiger partial charge < -0.3 is 9.47 Å². The summed E-state index contributed by atoms with van der Waals surface area (Å²) < 4.78 is 36.6. The van der Waals surface area contributed by atoms with Gasteiger partial charge in [0.05, 0.1) is 26.1 Å². The quantitative estimate of drug-likeness (QED) is 0.678. The predicted octanol–water partition coefficient (Wildman–Crippen LogP) is 3.43. The molecule has 0 bridgehead atoms. The van der Waals surface area contributed by atoms with Crippen molar-refractivity contribution in [2.45, 2.75) is 0 Å². The van der Waals surface area contributed by atoms with Crippen LogP contribution >= 0.6 is 0 Å². The van der Waals surface area contributed by atoms with Gasteiger partial charge in [-0.3, -0.25) is 5.43 Å². The zero-order valence-electron chi connectivity index (χ0n) is 11.6. The molecule has 0 heterocycles. The van der Waals surface area contributed by atoms with Gasteiger partial charge in [-0.15, -0.1) is 0 Å². The summed E-state index contributed by atoms with van der Waals surface area (Å²) in [5.74, 6) is -0.277. The Morgan fingerprint density at radius 3 is 2.57 bits per heavy atom. The molecule has 0 atom stereocenters. The van der Waals surface area contributed by atoms with E-state index >= 15 is 0 Å². The van der Waals surface area contributed by atoms with Crippen molar-refractivity contribution in [2.24, 2.45) is 5.10 Å². The number of hydrogen-bond acceptors (Lipinski definition) is 4. The Bertz CT molecular complexity index is 660. The first kappa shape index (κ1) is 14.8. The monoisotopic (exact) mass is 292 g/mol. The van der Waals surface area contributed by atoms with Crippen molar-refractivity contribution in [3.63, 3.8) is 0 Å². The van der Waals surface area contributed by atoms with Gasteiger partial charge >= 0.3 is 0 Å². The van der Waals surface area contributed by atoms with E-state index in [1.807, 2.05) is 0 Å². The van der Waals surface area contributed by atoms with Gasteiger partial charge in [-0.05, 0) is 24.3 Å². The molecule has 0 spiro atoms. The van der Waals surface area contributed by atoms with Crippen LogP contribution in [0.3, 0.4) is 0 Å². The van der Waals surface area contributed by atoms with Gasteiger partial charge in [0.15, 0.2) is 17.3 Å². The van der Waals surface area contributed by atoms with Crippen LogP contribution in [0.2, 0.25) is 0 Å². The Labute approximate surface area is 121 Å². The minimum atomic E-state index is -0.718. The lowest BCUT2D eigenvalue weighted by Gasteiger charge is -2.09. The lowest BCUT2D eigenvalue weighted by Crippen LogP contribution is -1.98. The highest BCUT2D eigenvalue weighted by atomic mass is 19.1. The number of hydrazone groups is 1. The van der Waals surface area contributed by atoms with E-state index in [9.17, 15) is 8.78 Å². The van der Waals surface area contributed by atoms with E-state index in [-0.39, 0.29) is 5.69 Å². The molecule has 0 aromatic heterocycles. The van der Waals surface area contributed by atoms with E-state index in [1.54, 1.807) is 18.2 Å². The summed E-state index contributed by atoms with van der Waals surface area (Å²) in [7, 11) is 3.05. The maximum Gasteiger partial charge on any atom is 0.169 e. The van der Waals surface area contributed by atoms with Gasteiger partial charge in [0.2, 0.25) is 0 Å². The molecule has 0 radical (unpaired) electrons. The second kappa shape index (κ2) is 6.69. The molecule has 0 saturated heterocycles. The molecule has 6 heteroatoms. The number of para-hydroxylation sites is 1. The van der Waals surface area contributed by atoms with Crippen molar-refractivity contribution in [2.75, 3.05) is 19.6 Å². The zero-order chi connectivity index (χ0) is 15.2. The van der Waals surface area contributed by atoms with Gasteiger partial charge in [-0.1, -0.05) is 6.07 Å². The first-order valence-electron chi connectivity index (χ1n) is 6.11. The van der Waals surface area contributed by atoms with Crippen LogP contribution in [0, 0.1) is 11.6 Å². The summed E-state index contributed by atoms with van der Waals surface area (Å²) in [6, 6.07) is 8.50. The molecule has 0 aliphatic heterocycles. The molecule has 0 unspecified atom stereocenters. The molecule has 0 saturated carbocycles. The number of methoxy groups -OCH3 is 2. The van der Waals surface area contributed by atoms with Gasteiger partial charge in [-0.2, -0.15) is 5.10 Å². The van der Waals surface area contributed by atoms with E-state index in [4.69, 9.17) is 9.47 Å². The number of rotatable bonds is 5. The van der Waals surface area contributed by atoms with Crippen molar-refractivity contribution in [3.05, 3.63) is 53.6 Å². The Morgan fingerprint density at radius 2 is 1.90 bits per heavy atom. The Hall–Kier alpha value is -2.63. The fourth-order valence-corrected chi connectivity index (χ4v) is 1.77. The molecule has 0 fully saturated rings. The standard InChI is InChI=1S/C15H14F2N2O2/c1-20-14-5-3-4-10(15(14)21-2)9-18-19-13-7-6-11(16)8-12(13)17/h3-9,19H,1-2H3/b18-9+. The van der Waals surface area contributed by atoms with Gasteiger partial charge in [-0.25, -0.2) is 8.78 Å². The van der Waals surface area contributed by atoms with Crippen LogP contribution < -0.4 is 14.9 Å². The second-order valence-electron chi connectivity index (χ2n) is 4.08. The first-order valence-corrected chi connectivity index (χ1v) is 6.11. The van der Waals surface area contributed by atoms with Crippen LogP contribution in [0.1, 0.15) is 5.56 Å². The third-order valence-electron chi connectivity index (χ3n) is 2.75. The van der Waals surface area contributed by atoms with Gasteiger partial charge in [0, 0.05) is 11.6 Å². The predicted molar refractivity (Wildman–Crippen MR) is 77.1 cm³/mol. The van der Waals surface area contributed by atoms with Crippen molar-refractivity contribution in [3.8, 4) is 11.5 Å². The SMILES string of the molecule is COc1cccc(/C=N/Nc2ccc(F)cc2F)c1OC. The second-order valence-corrected chi connectivity index (χ2v) is 4.08. The van der Waals surface area contributed by atoms with E-state index in [0.717, 1.165) is 12.1 Å².